The van der Waals surface area contributed by atoms with Crippen molar-refractivity contribution in [1.82, 2.24) is 0 Å². The SMILES string of the molecule is Cc1ccc(F)c(C=O)c1C=C(CN)B1OC(C)(C)C(C)(C)O1. The maximum Gasteiger partial charge on any atom is 0.491 e. The van der Waals surface area contributed by atoms with E-state index in [0.717, 1.165) is 5.56 Å². The molecule has 124 valence electrons. The molecule has 1 aliphatic rings. The predicted octanol–water partition coefficient (Wildman–Crippen LogP) is 2.92. The Balaban J connectivity index is 2.46. The molecule has 2 rings (SSSR count). The van der Waals surface area contributed by atoms with Crippen LogP contribution in [0.4, 0.5) is 4.39 Å². The Hall–Kier alpha value is -1.50. The Morgan fingerprint density at radius 2 is 1.78 bits per heavy atom. The first-order valence-electron chi connectivity index (χ1n) is 7.63. The minimum atomic E-state index is -0.618. The molecular formula is C17H23BFNO3. The largest absolute Gasteiger partial charge is 0.491 e. The van der Waals surface area contributed by atoms with Crippen LogP contribution < -0.4 is 5.73 Å². The lowest BCUT2D eigenvalue weighted by atomic mass is 9.76. The zero-order valence-corrected chi connectivity index (χ0v) is 14.3. The molecule has 0 radical (unpaired) electrons. The molecule has 0 unspecified atom stereocenters. The van der Waals surface area contributed by atoms with Gasteiger partial charge >= 0.3 is 7.12 Å². The second kappa shape index (κ2) is 6.19. The van der Waals surface area contributed by atoms with Gasteiger partial charge in [-0.05, 0) is 57.3 Å². The third-order valence-corrected chi connectivity index (χ3v) is 4.69. The highest BCUT2D eigenvalue weighted by atomic mass is 19.1. The Labute approximate surface area is 137 Å². The molecule has 0 aliphatic carbocycles. The minimum absolute atomic E-state index is 0.0208. The molecule has 6 heteroatoms. The van der Waals surface area contributed by atoms with Gasteiger partial charge in [0.25, 0.3) is 0 Å². The fraction of sp³-hybridized carbons (Fsp3) is 0.471. The molecule has 1 aromatic carbocycles. The van der Waals surface area contributed by atoms with Gasteiger partial charge in [-0.3, -0.25) is 4.79 Å². The van der Waals surface area contributed by atoms with E-state index in [1.54, 1.807) is 12.1 Å². The average Bonchev–Trinajstić information content (AvgIpc) is 2.68. The summed E-state index contributed by atoms with van der Waals surface area (Å²) in [5.74, 6) is -0.554. The average molecular weight is 319 g/mol. The van der Waals surface area contributed by atoms with E-state index in [9.17, 15) is 9.18 Å². The summed E-state index contributed by atoms with van der Waals surface area (Å²) in [7, 11) is -0.618. The van der Waals surface area contributed by atoms with Crippen molar-refractivity contribution >= 4 is 19.5 Å². The minimum Gasteiger partial charge on any atom is -0.400 e. The molecule has 0 amide bonds. The van der Waals surface area contributed by atoms with Gasteiger partial charge in [-0.1, -0.05) is 12.1 Å². The van der Waals surface area contributed by atoms with E-state index in [2.05, 4.69) is 0 Å². The fourth-order valence-electron chi connectivity index (χ4n) is 2.43. The highest BCUT2D eigenvalue weighted by Crippen LogP contribution is 2.38. The Bertz CT molecular complexity index is 639. The van der Waals surface area contributed by atoms with Crippen LogP contribution in [0.15, 0.2) is 17.6 Å². The van der Waals surface area contributed by atoms with Crippen molar-refractivity contribution in [3.8, 4) is 0 Å². The molecular weight excluding hydrogens is 296 g/mol. The Morgan fingerprint density at radius 3 is 2.26 bits per heavy atom. The molecule has 1 aliphatic heterocycles. The summed E-state index contributed by atoms with van der Waals surface area (Å²) in [6.45, 7) is 9.80. The van der Waals surface area contributed by atoms with Crippen molar-refractivity contribution < 1.29 is 18.5 Å². The van der Waals surface area contributed by atoms with Gasteiger partial charge in [0.15, 0.2) is 6.29 Å². The predicted molar refractivity (Wildman–Crippen MR) is 89.6 cm³/mol. The van der Waals surface area contributed by atoms with Crippen molar-refractivity contribution in [3.05, 3.63) is 40.1 Å². The number of carbonyl (C=O) groups excluding carboxylic acids is 1. The van der Waals surface area contributed by atoms with Crippen LogP contribution >= 0.6 is 0 Å². The van der Waals surface area contributed by atoms with E-state index in [1.807, 2.05) is 34.6 Å². The third kappa shape index (κ3) is 3.25. The summed E-state index contributed by atoms with van der Waals surface area (Å²) in [6, 6.07) is 2.92. The maximum absolute atomic E-state index is 13.9. The van der Waals surface area contributed by atoms with E-state index < -0.39 is 24.1 Å². The summed E-state index contributed by atoms with van der Waals surface area (Å²) in [4.78, 5) is 11.2. The number of aldehydes is 1. The lowest BCUT2D eigenvalue weighted by Crippen LogP contribution is -2.41. The van der Waals surface area contributed by atoms with Crippen molar-refractivity contribution in [3.63, 3.8) is 0 Å². The lowest BCUT2D eigenvalue weighted by molar-refractivity contribution is 0.00578. The van der Waals surface area contributed by atoms with Crippen molar-refractivity contribution in [2.45, 2.75) is 45.8 Å². The van der Waals surface area contributed by atoms with Gasteiger partial charge in [-0.15, -0.1) is 0 Å². The van der Waals surface area contributed by atoms with Crippen LogP contribution in [-0.2, 0) is 9.31 Å². The summed E-state index contributed by atoms with van der Waals surface area (Å²) in [5, 5.41) is 0. The van der Waals surface area contributed by atoms with Gasteiger partial charge in [0, 0.05) is 6.54 Å². The monoisotopic (exact) mass is 319 g/mol. The van der Waals surface area contributed by atoms with E-state index in [-0.39, 0.29) is 12.1 Å². The number of nitrogens with two attached hydrogens (primary N) is 1. The van der Waals surface area contributed by atoms with E-state index in [1.165, 1.54) is 6.07 Å². The zero-order chi connectivity index (χ0) is 17.4. The number of hydrogen-bond acceptors (Lipinski definition) is 4. The normalized spacial score (nSPS) is 20.0. The number of benzene rings is 1. The number of aryl methyl sites for hydroxylation is 1. The van der Waals surface area contributed by atoms with Gasteiger partial charge in [-0.25, -0.2) is 4.39 Å². The molecule has 0 atom stereocenters. The highest BCUT2D eigenvalue weighted by Gasteiger charge is 2.52. The lowest BCUT2D eigenvalue weighted by Gasteiger charge is -2.32. The number of hydrogen-bond donors (Lipinski definition) is 1. The molecule has 1 heterocycles. The van der Waals surface area contributed by atoms with Crippen LogP contribution in [-0.4, -0.2) is 31.2 Å². The molecule has 1 saturated heterocycles. The van der Waals surface area contributed by atoms with Crippen LogP contribution in [0.3, 0.4) is 0 Å². The quantitative estimate of drug-likeness (QED) is 0.685. The summed E-state index contributed by atoms with van der Waals surface area (Å²) >= 11 is 0. The number of carbonyl (C=O) groups is 1. The topological polar surface area (TPSA) is 61.6 Å². The van der Waals surface area contributed by atoms with Crippen LogP contribution in [0, 0.1) is 12.7 Å². The smallest absolute Gasteiger partial charge is 0.400 e. The molecule has 1 fully saturated rings. The fourth-order valence-corrected chi connectivity index (χ4v) is 2.43. The number of halogens is 1. The van der Waals surface area contributed by atoms with Crippen LogP contribution in [0.5, 0.6) is 0 Å². The first-order chi connectivity index (χ1) is 10.6. The molecule has 4 nitrogen and oxygen atoms in total. The first kappa shape index (κ1) is 17.9. The maximum atomic E-state index is 13.9. The van der Waals surface area contributed by atoms with Crippen LogP contribution in [0.2, 0.25) is 0 Å². The van der Waals surface area contributed by atoms with Gasteiger partial charge in [0.1, 0.15) is 5.82 Å². The van der Waals surface area contributed by atoms with Crippen LogP contribution in [0.25, 0.3) is 6.08 Å². The molecule has 23 heavy (non-hydrogen) atoms. The number of rotatable bonds is 4. The second-order valence-electron chi connectivity index (χ2n) is 6.82. The summed E-state index contributed by atoms with van der Waals surface area (Å²) in [6.07, 6.45) is 2.22. The molecule has 2 N–H and O–H groups in total. The molecule has 0 spiro atoms. The molecule has 0 saturated carbocycles. The van der Waals surface area contributed by atoms with Gasteiger partial charge in [-0.2, -0.15) is 0 Å². The third-order valence-electron chi connectivity index (χ3n) is 4.69. The highest BCUT2D eigenvalue weighted by molar-refractivity contribution is 6.56. The van der Waals surface area contributed by atoms with Crippen molar-refractivity contribution in [1.29, 1.82) is 0 Å². The van der Waals surface area contributed by atoms with E-state index in [0.29, 0.717) is 17.3 Å². The standard InChI is InChI=1S/C17H23BFNO3/c1-11-6-7-15(19)14(10-21)13(11)8-12(9-20)18-22-16(2,3)17(4,5)23-18/h6-8,10H,9,20H2,1-5H3. The van der Waals surface area contributed by atoms with Crippen molar-refractivity contribution in [2.75, 3.05) is 6.54 Å². The first-order valence-corrected chi connectivity index (χ1v) is 7.63. The van der Waals surface area contributed by atoms with E-state index >= 15 is 0 Å². The van der Waals surface area contributed by atoms with E-state index in [4.69, 9.17) is 15.0 Å². The molecule has 1 aromatic rings. The zero-order valence-electron chi connectivity index (χ0n) is 14.3. The van der Waals surface area contributed by atoms with Crippen LogP contribution in [0.1, 0.15) is 49.2 Å². The van der Waals surface area contributed by atoms with Gasteiger partial charge in [0.2, 0.25) is 0 Å². The second-order valence-corrected chi connectivity index (χ2v) is 6.82. The summed E-state index contributed by atoms with van der Waals surface area (Å²) < 4.78 is 25.8. The van der Waals surface area contributed by atoms with Gasteiger partial charge in [0.05, 0.1) is 16.8 Å². The molecule has 0 aromatic heterocycles. The summed E-state index contributed by atoms with van der Waals surface area (Å²) in [5.41, 5.74) is 6.85. The van der Waals surface area contributed by atoms with Crippen molar-refractivity contribution in [2.24, 2.45) is 5.73 Å². The molecule has 0 bridgehead atoms. The van der Waals surface area contributed by atoms with Gasteiger partial charge < -0.3 is 15.0 Å². The Morgan fingerprint density at radius 1 is 1.22 bits per heavy atom. The Kier molecular flexibility index (Phi) is 4.80.